The molecule has 0 amide bonds. The lowest BCUT2D eigenvalue weighted by Gasteiger charge is -2.04. The highest BCUT2D eigenvalue weighted by Gasteiger charge is 2.02. The Hall–Kier alpha value is -1.05. The van der Waals surface area contributed by atoms with Crippen LogP contribution < -0.4 is 0 Å². The summed E-state index contributed by atoms with van der Waals surface area (Å²) in [5, 5.41) is 0. The van der Waals surface area contributed by atoms with Crippen LogP contribution in [0, 0.1) is 0 Å². The monoisotopic (exact) mass is 168 g/mol. The molecule has 12 heavy (non-hydrogen) atoms. The zero-order valence-corrected chi connectivity index (χ0v) is 7.80. The number of rotatable bonds is 5. The third-order valence-electron chi connectivity index (χ3n) is 1.35. The van der Waals surface area contributed by atoms with E-state index in [9.17, 15) is 4.79 Å². The Morgan fingerprint density at radius 3 is 2.58 bits per heavy atom. The molecule has 0 bridgehead atoms. The number of esters is 1. The maximum Gasteiger partial charge on any atom is 0.310 e. The smallest absolute Gasteiger partial charge is 0.310 e. The largest absolute Gasteiger partial charge is 0.431 e. The number of ether oxygens (including phenoxy) is 1. The van der Waals surface area contributed by atoms with E-state index in [0.717, 1.165) is 12.8 Å². The molecule has 0 spiro atoms. The molecule has 0 heterocycles. The number of allylic oxidation sites excluding steroid dienone is 3. The second kappa shape index (κ2) is 6.65. The van der Waals surface area contributed by atoms with Gasteiger partial charge in [-0.25, -0.2) is 0 Å². The molecule has 0 atom stereocenters. The average Bonchev–Trinajstić information content (AvgIpc) is 2.04. The van der Waals surface area contributed by atoms with Gasteiger partial charge in [0.15, 0.2) is 0 Å². The second-order valence-corrected chi connectivity index (χ2v) is 2.45. The zero-order chi connectivity index (χ0) is 9.40. The van der Waals surface area contributed by atoms with Crippen molar-refractivity contribution in [2.75, 3.05) is 0 Å². The van der Waals surface area contributed by atoms with Crippen LogP contribution in [-0.4, -0.2) is 5.97 Å². The first-order chi connectivity index (χ1) is 5.74. The minimum absolute atomic E-state index is 0.160. The van der Waals surface area contributed by atoms with E-state index in [1.54, 1.807) is 12.2 Å². The van der Waals surface area contributed by atoms with Crippen LogP contribution in [0.2, 0.25) is 0 Å². The molecule has 0 aromatic heterocycles. The van der Waals surface area contributed by atoms with Crippen LogP contribution in [0.15, 0.2) is 24.5 Å². The van der Waals surface area contributed by atoms with Crippen LogP contribution in [-0.2, 0) is 9.53 Å². The van der Waals surface area contributed by atoms with Gasteiger partial charge in [0.2, 0.25) is 0 Å². The summed E-state index contributed by atoms with van der Waals surface area (Å²) < 4.78 is 5.03. The van der Waals surface area contributed by atoms with Gasteiger partial charge in [-0.05, 0) is 12.5 Å². The van der Waals surface area contributed by atoms with Gasteiger partial charge in [-0.2, -0.15) is 0 Å². The van der Waals surface area contributed by atoms with Crippen LogP contribution in [0.4, 0.5) is 0 Å². The Kier molecular flexibility index (Phi) is 6.07. The third kappa shape index (κ3) is 4.72. The third-order valence-corrected chi connectivity index (χ3v) is 1.35. The summed E-state index contributed by atoms with van der Waals surface area (Å²) >= 11 is 0. The van der Waals surface area contributed by atoms with Crippen molar-refractivity contribution in [3.8, 4) is 0 Å². The molecular weight excluding hydrogens is 152 g/mol. The normalized spacial score (nSPS) is 11.0. The maximum absolute atomic E-state index is 11.0. The number of carbonyl (C=O) groups is 1. The van der Waals surface area contributed by atoms with Crippen molar-refractivity contribution in [3.63, 3.8) is 0 Å². The Balaban J connectivity index is 3.93. The molecule has 0 saturated heterocycles. The predicted octanol–water partition coefficient (Wildman–Crippen LogP) is 2.81. The molecule has 0 aromatic rings. The van der Waals surface area contributed by atoms with Crippen molar-refractivity contribution >= 4 is 5.97 Å². The minimum atomic E-state index is -0.160. The molecule has 2 nitrogen and oxygen atoms in total. The average molecular weight is 168 g/mol. The molecule has 0 aliphatic heterocycles. The van der Waals surface area contributed by atoms with Crippen LogP contribution in [0.25, 0.3) is 0 Å². The lowest BCUT2D eigenvalue weighted by atomic mass is 10.3. The van der Waals surface area contributed by atoms with E-state index in [0.29, 0.717) is 12.2 Å². The van der Waals surface area contributed by atoms with E-state index in [4.69, 9.17) is 4.74 Å². The quantitative estimate of drug-likeness (QED) is 0.358. The van der Waals surface area contributed by atoms with Crippen molar-refractivity contribution in [2.24, 2.45) is 0 Å². The first kappa shape index (κ1) is 11.0. The van der Waals surface area contributed by atoms with E-state index in [1.165, 1.54) is 0 Å². The van der Waals surface area contributed by atoms with Crippen LogP contribution in [0.3, 0.4) is 0 Å². The standard InChI is InChI=1S/C10H16O2/c1-4-7-9(6-3)12-10(11)8-5-2/h4,7H,1,5-6,8H2,2-3H3. The summed E-state index contributed by atoms with van der Waals surface area (Å²) in [5.74, 6) is 0.524. The molecule has 0 rings (SSSR count). The van der Waals surface area contributed by atoms with Gasteiger partial charge in [-0.1, -0.05) is 26.5 Å². The van der Waals surface area contributed by atoms with Gasteiger partial charge < -0.3 is 4.74 Å². The molecule has 2 heteroatoms. The molecule has 0 saturated carbocycles. The van der Waals surface area contributed by atoms with E-state index in [1.807, 2.05) is 13.8 Å². The molecule has 0 aliphatic carbocycles. The van der Waals surface area contributed by atoms with E-state index >= 15 is 0 Å². The van der Waals surface area contributed by atoms with Gasteiger partial charge in [-0.3, -0.25) is 4.79 Å². The van der Waals surface area contributed by atoms with Crippen molar-refractivity contribution < 1.29 is 9.53 Å². The minimum Gasteiger partial charge on any atom is -0.431 e. The Labute approximate surface area is 73.9 Å². The van der Waals surface area contributed by atoms with E-state index in [2.05, 4.69) is 6.58 Å². The van der Waals surface area contributed by atoms with Gasteiger partial charge in [0.05, 0.1) is 0 Å². The van der Waals surface area contributed by atoms with Gasteiger partial charge in [0.1, 0.15) is 5.76 Å². The van der Waals surface area contributed by atoms with Gasteiger partial charge in [0, 0.05) is 12.8 Å². The van der Waals surface area contributed by atoms with Crippen molar-refractivity contribution in [2.45, 2.75) is 33.1 Å². The van der Waals surface area contributed by atoms with Gasteiger partial charge in [-0.15, -0.1) is 0 Å². The highest BCUT2D eigenvalue weighted by Crippen LogP contribution is 2.05. The molecule has 0 radical (unpaired) electrons. The summed E-state index contributed by atoms with van der Waals surface area (Å²) in [6.45, 7) is 7.42. The summed E-state index contributed by atoms with van der Waals surface area (Å²) in [4.78, 5) is 11.0. The Bertz CT molecular complexity index is 180. The molecule has 0 unspecified atom stereocenters. The van der Waals surface area contributed by atoms with Crippen molar-refractivity contribution in [3.05, 3.63) is 24.5 Å². The first-order valence-electron chi connectivity index (χ1n) is 4.26. The lowest BCUT2D eigenvalue weighted by molar-refractivity contribution is -0.139. The highest BCUT2D eigenvalue weighted by molar-refractivity contribution is 5.70. The van der Waals surface area contributed by atoms with E-state index in [-0.39, 0.29) is 5.97 Å². The fraction of sp³-hybridized carbons (Fsp3) is 0.500. The summed E-state index contributed by atoms with van der Waals surface area (Å²) in [5.41, 5.74) is 0. The molecule has 0 aromatic carbocycles. The van der Waals surface area contributed by atoms with Crippen molar-refractivity contribution in [1.82, 2.24) is 0 Å². The van der Waals surface area contributed by atoms with Gasteiger partial charge in [0.25, 0.3) is 0 Å². The summed E-state index contributed by atoms with van der Waals surface area (Å²) in [7, 11) is 0. The molecule has 0 aliphatic rings. The first-order valence-corrected chi connectivity index (χ1v) is 4.26. The van der Waals surface area contributed by atoms with Gasteiger partial charge >= 0.3 is 5.97 Å². The number of hydrogen-bond donors (Lipinski definition) is 0. The topological polar surface area (TPSA) is 26.3 Å². The molecule has 68 valence electrons. The number of hydrogen-bond acceptors (Lipinski definition) is 2. The fourth-order valence-electron chi connectivity index (χ4n) is 0.757. The van der Waals surface area contributed by atoms with Crippen LogP contribution >= 0.6 is 0 Å². The predicted molar refractivity (Wildman–Crippen MR) is 49.6 cm³/mol. The van der Waals surface area contributed by atoms with Crippen LogP contribution in [0.1, 0.15) is 33.1 Å². The molecule has 0 fully saturated rings. The number of carbonyl (C=O) groups excluding carboxylic acids is 1. The Morgan fingerprint density at radius 1 is 1.50 bits per heavy atom. The fourth-order valence-corrected chi connectivity index (χ4v) is 0.757. The SMILES string of the molecule is C=CC=C(CC)OC(=O)CCC. The van der Waals surface area contributed by atoms with Crippen LogP contribution in [0.5, 0.6) is 0 Å². The van der Waals surface area contributed by atoms with Crippen molar-refractivity contribution in [1.29, 1.82) is 0 Å². The van der Waals surface area contributed by atoms with E-state index < -0.39 is 0 Å². The lowest BCUT2D eigenvalue weighted by Crippen LogP contribution is -2.02. The summed E-state index contributed by atoms with van der Waals surface area (Å²) in [6.07, 6.45) is 5.37. The second-order valence-electron chi connectivity index (χ2n) is 2.45. The Morgan fingerprint density at radius 2 is 2.17 bits per heavy atom. The maximum atomic E-state index is 11.0. The zero-order valence-electron chi connectivity index (χ0n) is 7.80. The highest BCUT2D eigenvalue weighted by atomic mass is 16.5. The molecule has 0 N–H and O–H groups in total. The molecular formula is C10H16O2. The summed E-state index contributed by atoms with van der Waals surface area (Å²) in [6, 6.07) is 0.